The van der Waals surface area contributed by atoms with Crippen molar-refractivity contribution in [2.24, 2.45) is 5.92 Å². The molecule has 2 rings (SSSR count). The average Bonchev–Trinajstić information content (AvgIpc) is 2.87. The first-order chi connectivity index (χ1) is 7.66. The molecule has 5 nitrogen and oxygen atoms in total. The van der Waals surface area contributed by atoms with Crippen LogP contribution in [0.3, 0.4) is 0 Å². The van der Waals surface area contributed by atoms with E-state index in [1.54, 1.807) is 30.5 Å². The lowest BCUT2D eigenvalue weighted by Gasteiger charge is -2.11. The highest BCUT2D eigenvalue weighted by Crippen LogP contribution is 2.18. The summed E-state index contributed by atoms with van der Waals surface area (Å²) in [5, 5.41) is 11.5. The number of H-pyrrole nitrogens is 1. The van der Waals surface area contributed by atoms with Gasteiger partial charge in [-0.1, -0.05) is 12.2 Å². The number of carboxylic acids is 1. The number of aromatic nitrogens is 1. The Hall–Kier alpha value is -2.04. The SMILES string of the molecule is O=C(NC1C=CC(C(=O)O)C1)c1ccc[nH]1. The lowest BCUT2D eigenvalue weighted by molar-refractivity contribution is -0.140. The molecule has 0 saturated carbocycles. The predicted octanol–water partition coefficient (Wildman–Crippen LogP) is 0.774. The molecule has 0 spiro atoms. The Morgan fingerprint density at radius 3 is 2.81 bits per heavy atom. The molecule has 0 aromatic carbocycles. The highest BCUT2D eigenvalue weighted by molar-refractivity contribution is 5.92. The summed E-state index contributed by atoms with van der Waals surface area (Å²) < 4.78 is 0. The largest absolute Gasteiger partial charge is 0.481 e. The lowest BCUT2D eigenvalue weighted by atomic mass is 10.1. The van der Waals surface area contributed by atoms with E-state index in [9.17, 15) is 9.59 Å². The van der Waals surface area contributed by atoms with E-state index in [1.807, 2.05) is 0 Å². The van der Waals surface area contributed by atoms with Crippen LogP contribution in [-0.2, 0) is 4.79 Å². The molecule has 0 saturated heterocycles. The van der Waals surface area contributed by atoms with Gasteiger partial charge in [0.25, 0.3) is 5.91 Å². The molecule has 84 valence electrons. The number of carboxylic acid groups (broad SMARTS) is 1. The number of carbonyl (C=O) groups is 2. The summed E-state index contributed by atoms with van der Waals surface area (Å²) >= 11 is 0. The molecule has 0 fully saturated rings. The number of amides is 1. The van der Waals surface area contributed by atoms with Crippen molar-refractivity contribution < 1.29 is 14.7 Å². The molecule has 1 aromatic heterocycles. The van der Waals surface area contributed by atoms with Crippen LogP contribution >= 0.6 is 0 Å². The van der Waals surface area contributed by atoms with E-state index in [2.05, 4.69) is 10.3 Å². The number of aromatic amines is 1. The molecule has 1 amide bonds. The molecular formula is C11H12N2O3. The van der Waals surface area contributed by atoms with Crippen LogP contribution in [0.15, 0.2) is 30.5 Å². The predicted molar refractivity (Wildman–Crippen MR) is 56.9 cm³/mol. The van der Waals surface area contributed by atoms with Gasteiger partial charge in [0.05, 0.1) is 5.92 Å². The van der Waals surface area contributed by atoms with E-state index >= 15 is 0 Å². The molecule has 1 aliphatic carbocycles. The first-order valence-electron chi connectivity index (χ1n) is 5.02. The van der Waals surface area contributed by atoms with Gasteiger partial charge in [0.2, 0.25) is 0 Å². The van der Waals surface area contributed by atoms with Crippen molar-refractivity contribution >= 4 is 11.9 Å². The molecule has 1 aromatic rings. The van der Waals surface area contributed by atoms with Gasteiger partial charge in [-0.05, 0) is 18.6 Å². The van der Waals surface area contributed by atoms with E-state index < -0.39 is 11.9 Å². The van der Waals surface area contributed by atoms with E-state index in [1.165, 1.54) is 0 Å². The number of hydrogen-bond donors (Lipinski definition) is 3. The van der Waals surface area contributed by atoms with Crippen molar-refractivity contribution in [3.8, 4) is 0 Å². The number of nitrogens with one attached hydrogen (secondary N) is 2. The Labute approximate surface area is 92.2 Å². The Bertz CT molecular complexity index is 422. The van der Waals surface area contributed by atoms with Crippen LogP contribution < -0.4 is 5.32 Å². The minimum absolute atomic E-state index is 0.197. The fraction of sp³-hybridized carbons (Fsp3) is 0.273. The second-order valence-corrected chi connectivity index (χ2v) is 3.73. The molecule has 0 aliphatic heterocycles. The van der Waals surface area contributed by atoms with Crippen molar-refractivity contribution in [1.82, 2.24) is 10.3 Å². The monoisotopic (exact) mass is 220 g/mol. The molecule has 2 unspecified atom stereocenters. The summed E-state index contributed by atoms with van der Waals surface area (Å²) in [5.74, 6) is -1.56. The molecule has 3 N–H and O–H groups in total. The van der Waals surface area contributed by atoms with Crippen LogP contribution in [0, 0.1) is 5.92 Å². The third-order valence-electron chi connectivity index (χ3n) is 2.56. The Morgan fingerprint density at radius 2 is 2.25 bits per heavy atom. The van der Waals surface area contributed by atoms with Gasteiger partial charge in [-0.3, -0.25) is 9.59 Å². The normalized spacial score (nSPS) is 23.2. The first-order valence-corrected chi connectivity index (χ1v) is 5.02. The molecule has 16 heavy (non-hydrogen) atoms. The zero-order valence-corrected chi connectivity index (χ0v) is 8.51. The summed E-state index contributed by atoms with van der Waals surface area (Å²) in [7, 11) is 0. The fourth-order valence-electron chi connectivity index (χ4n) is 1.71. The number of carbonyl (C=O) groups excluding carboxylic acids is 1. The van der Waals surface area contributed by atoms with Crippen molar-refractivity contribution in [3.63, 3.8) is 0 Å². The van der Waals surface area contributed by atoms with Gasteiger partial charge in [0, 0.05) is 12.2 Å². The molecule has 0 bridgehead atoms. The maximum absolute atomic E-state index is 11.6. The minimum atomic E-state index is -0.854. The summed E-state index contributed by atoms with van der Waals surface area (Å²) in [6, 6.07) is 3.21. The topological polar surface area (TPSA) is 82.2 Å². The Balaban J connectivity index is 1.91. The summed E-state index contributed by atoms with van der Waals surface area (Å²) in [5.41, 5.74) is 0.479. The van der Waals surface area contributed by atoms with Crippen molar-refractivity contribution in [3.05, 3.63) is 36.2 Å². The second kappa shape index (κ2) is 4.22. The highest BCUT2D eigenvalue weighted by atomic mass is 16.4. The van der Waals surface area contributed by atoms with Gasteiger partial charge >= 0.3 is 5.97 Å². The lowest BCUT2D eigenvalue weighted by Crippen LogP contribution is -2.33. The minimum Gasteiger partial charge on any atom is -0.481 e. The highest BCUT2D eigenvalue weighted by Gasteiger charge is 2.25. The van der Waals surface area contributed by atoms with Gasteiger partial charge in [-0.25, -0.2) is 0 Å². The number of rotatable bonds is 3. The zero-order chi connectivity index (χ0) is 11.5. The van der Waals surface area contributed by atoms with Crippen LogP contribution in [0.5, 0.6) is 0 Å². The third kappa shape index (κ3) is 2.13. The maximum Gasteiger partial charge on any atom is 0.310 e. The van der Waals surface area contributed by atoms with Crippen molar-refractivity contribution in [2.45, 2.75) is 12.5 Å². The molecule has 1 aliphatic rings. The smallest absolute Gasteiger partial charge is 0.310 e. The summed E-state index contributed by atoms with van der Waals surface area (Å²) in [6.07, 6.45) is 5.42. The third-order valence-corrected chi connectivity index (χ3v) is 2.56. The van der Waals surface area contributed by atoms with Crippen LogP contribution in [0.4, 0.5) is 0 Å². The fourth-order valence-corrected chi connectivity index (χ4v) is 1.71. The first kappa shape index (κ1) is 10.5. The molecule has 2 atom stereocenters. The van der Waals surface area contributed by atoms with E-state index in [0.29, 0.717) is 12.1 Å². The van der Waals surface area contributed by atoms with E-state index in [0.717, 1.165) is 0 Å². The van der Waals surface area contributed by atoms with E-state index in [4.69, 9.17) is 5.11 Å². The van der Waals surface area contributed by atoms with Gasteiger partial charge < -0.3 is 15.4 Å². The quantitative estimate of drug-likeness (QED) is 0.658. The van der Waals surface area contributed by atoms with Gasteiger partial charge in [0.15, 0.2) is 0 Å². The Morgan fingerprint density at radius 1 is 1.44 bits per heavy atom. The molecule has 1 heterocycles. The van der Waals surface area contributed by atoms with Gasteiger partial charge in [-0.15, -0.1) is 0 Å². The molecule has 5 heteroatoms. The van der Waals surface area contributed by atoms with Gasteiger partial charge in [0.1, 0.15) is 5.69 Å². The summed E-state index contributed by atoms with van der Waals surface area (Å²) in [6.45, 7) is 0. The second-order valence-electron chi connectivity index (χ2n) is 3.73. The average molecular weight is 220 g/mol. The van der Waals surface area contributed by atoms with E-state index in [-0.39, 0.29) is 11.9 Å². The maximum atomic E-state index is 11.6. The number of aliphatic carboxylic acids is 1. The van der Waals surface area contributed by atoms with Gasteiger partial charge in [-0.2, -0.15) is 0 Å². The van der Waals surface area contributed by atoms with Crippen molar-refractivity contribution in [1.29, 1.82) is 0 Å². The van der Waals surface area contributed by atoms with Crippen LogP contribution in [-0.4, -0.2) is 28.0 Å². The Kier molecular flexibility index (Phi) is 2.76. The molecular weight excluding hydrogens is 208 g/mol. The molecule has 0 radical (unpaired) electrons. The van der Waals surface area contributed by atoms with Crippen LogP contribution in [0.25, 0.3) is 0 Å². The summed E-state index contributed by atoms with van der Waals surface area (Å²) in [4.78, 5) is 25.1. The standard InChI is InChI=1S/C11H12N2O3/c14-10(9-2-1-5-12-9)13-8-4-3-7(6-8)11(15)16/h1-5,7-8,12H,6H2,(H,13,14)(H,15,16). The number of hydrogen-bond acceptors (Lipinski definition) is 2. The van der Waals surface area contributed by atoms with Crippen molar-refractivity contribution in [2.75, 3.05) is 0 Å². The van der Waals surface area contributed by atoms with Crippen LogP contribution in [0.1, 0.15) is 16.9 Å². The van der Waals surface area contributed by atoms with Crippen LogP contribution in [0.2, 0.25) is 0 Å². The zero-order valence-electron chi connectivity index (χ0n) is 8.51.